The quantitative estimate of drug-likeness (QED) is 0.850. The number of hydrogen-bond acceptors (Lipinski definition) is 2. The van der Waals surface area contributed by atoms with Crippen molar-refractivity contribution in [1.29, 1.82) is 0 Å². The number of nitrogens with zero attached hydrogens (tertiary/aromatic N) is 1. The third-order valence-corrected chi connectivity index (χ3v) is 4.35. The Morgan fingerprint density at radius 1 is 1.29 bits per heavy atom. The van der Waals surface area contributed by atoms with Crippen LogP contribution < -0.4 is 5.32 Å². The van der Waals surface area contributed by atoms with Gasteiger partial charge >= 0.3 is 0 Å². The molecule has 90 valence electrons. The van der Waals surface area contributed by atoms with Crippen LogP contribution in [-0.2, 0) is 10.5 Å². The van der Waals surface area contributed by atoms with Gasteiger partial charge in [0.1, 0.15) is 5.66 Å². The normalized spacial score (nSPS) is 27.6. The summed E-state index contributed by atoms with van der Waals surface area (Å²) < 4.78 is 0. The van der Waals surface area contributed by atoms with Crippen molar-refractivity contribution in [3.8, 4) is 0 Å². The van der Waals surface area contributed by atoms with Crippen LogP contribution in [0.3, 0.4) is 0 Å². The molecule has 2 saturated heterocycles. The summed E-state index contributed by atoms with van der Waals surface area (Å²) in [5, 5.41) is 4.50. The lowest BCUT2D eigenvalue weighted by molar-refractivity contribution is -0.130. The Hall–Kier alpha value is -0.770. The summed E-state index contributed by atoms with van der Waals surface area (Å²) >= 11 is 12.0. The maximum atomic E-state index is 11.8. The summed E-state index contributed by atoms with van der Waals surface area (Å²) in [5.74, 6) is 0.209. The lowest BCUT2D eigenvalue weighted by Crippen LogP contribution is -2.45. The molecule has 2 aliphatic rings. The Balaban J connectivity index is 2.07. The maximum Gasteiger partial charge on any atom is 0.224 e. The molecule has 1 aromatic rings. The fraction of sp³-hybridized carbons (Fsp3) is 0.417. The fourth-order valence-corrected chi connectivity index (χ4v) is 3.10. The summed E-state index contributed by atoms with van der Waals surface area (Å²) in [4.78, 5) is 13.7. The van der Waals surface area contributed by atoms with Gasteiger partial charge in [0, 0.05) is 19.5 Å². The van der Waals surface area contributed by atoms with E-state index in [1.54, 1.807) is 6.07 Å². The zero-order valence-electron chi connectivity index (χ0n) is 9.17. The number of amides is 1. The molecule has 17 heavy (non-hydrogen) atoms. The second-order valence-electron chi connectivity index (χ2n) is 4.46. The van der Waals surface area contributed by atoms with Crippen LogP contribution in [-0.4, -0.2) is 23.9 Å². The number of fused-ring (bicyclic) bond motifs is 1. The largest absolute Gasteiger partial charge is 0.319 e. The van der Waals surface area contributed by atoms with Crippen LogP contribution in [0.2, 0.25) is 10.0 Å². The Morgan fingerprint density at radius 3 is 2.88 bits per heavy atom. The summed E-state index contributed by atoms with van der Waals surface area (Å²) in [6, 6.07) is 5.58. The molecule has 1 atom stereocenters. The number of nitrogens with one attached hydrogen (secondary N) is 1. The average Bonchev–Trinajstić information content (AvgIpc) is 2.85. The van der Waals surface area contributed by atoms with Gasteiger partial charge in [-0.2, -0.15) is 0 Å². The summed E-state index contributed by atoms with van der Waals surface area (Å²) in [5.41, 5.74) is 0.668. The third kappa shape index (κ3) is 1.57. The Kier molecular flexibility index (Phi) is 2.58. The third-order valence-electron chi connectivity index (χ3n) is 3.61. The Morgan fingerprint density at radius 2 is 2.12 bits per heavy atom. The van der Waals surface area contributed by atoms with Gasteiger partial charge in [0.25, 0.3) is 0 Å². The highest BCUT2D eigenvalue weighted by Crippen LogP contribution is 2.41. The van der Waals surface area contributed by atoms with Crippen molar-refractivity contribution in [2.24, 2.45) is 0 Å². The molecule has 1 aromatic carbocycles. The molecule has 1 amide bonds. The van der Waals surface area contributed by atoms with Gasteiger partial charge in [0.05, 0.1) is 10.0 Å². The van der Waals surface area contributed by atoms with Crippen molar-refractivity contribution in [2.75, 3.05) is 13.1 Å². The van der Waals surface area contributed by atoms with E-state index in [0.29, 0.717) is 16.5 Å². The van der Waals surface area contributed by atoms with E-state index in [1.165, 1.54) is 0 Å². The molecule has 5 heteroatoms. The van der Waals surface area contributed by atoms with E-state index >= 15 is 0 Å². The molecule has 0 spiro atoms. The molecule has 0 bridgehead atoms. The van der Waals surface area contributed by atoms with Crippen molar-refractivity contribution < 1.29 is 4.79 Å². The second kappa shape index (κ2) is 3.87. The zero-order chi connectivity index (χ0) is 12.0. The maximum absolute atomic E-state index is 11.8. The minimum Gasteiger partial charge on any atom is -0.319 e. The van der Waals surface area contributed by atoms with E-state index in [9.17, 15) is 4.79 Å². The molecule has 1 N–H and O–H groups in total. The second-order valence-corrected chi connectivity index (χ2v) is 5.28. The lowest BCUT2D eigenvalue weighted by atomic mass is 9.97. The van der Waals surface area contributed by atoms with Crippen LogP contribution in [0.25, 0.3) is 0 Å². The van der Waals surface area contributed by atoms with Gasteiger partial charge in [-0.1, -0.05) is 29.3 Å². The van der Waals surface area contributed by atoms with Gasteiger partial charge in [-0.15, -0.1) is 0 Å². The Bertz CT molecular complexity index is 491. The molecule has 0 aliphatic carbocycles. The van der Waals surface area contributed by atoms with Crippen molar-refractivity contribution in [3.63, 3.8) is 0 Å². The SMILES string of the molecule is O=C1CCC2(c3ccc(Cl)c(Cl)c3)NCCN12. The number of halogens is 2. The molecule has 0 aromatic heterocycles. The number of carbonyl (C=O) groups is 1. The minimum absolute atomic E-state index is 0.209. The van der Waals surface area contributed by atoms with Crippen LogP contribution in [0.4, 0.5) is 0 Å². The van der Waals surface area contributed by atoms with Crippen LogP contribution in [0, 0.1) is 0 Å². The van der Waals surface area contributed by atoms with Gasteiger partial charge in [0.2, 0.25) is 5.91 Å². The molecule has 3 nitrogen and oxygen atoms in total. The first-order valence-electron chi connectivity index (χ1n) is 5.64. The van der Waals surface area contributed by atoms with E-state index in [1.807, 2.05) is 17.0 Å². The Labute approximate surface area is 110 Å². The molecule has 0 saturated carbocycles. The van der Waals surface area contributed by atoms with Gasteiger partial charge in [0.15, 0.2) is 0 Å². The molecule has 2 heterocycles. The topological polar surface area (TPSA) is 32.3 Å². The first kappa shape index (κ1) is 11.3. The summed E-state index contributed by atoms with van der Waals surface area (Å²) in [6.45, 7) is 1.59. The predicted molar refractivity (Wildman–Crippen MR) is 67.1 cm³/mol. The van der Waals surface area contributed by atoms with Gasteiger partial charge in [-0.05, 0) is 24.1 Å². The van der Waals surface area contributed by atoms with Crippen molar-refractivity contribution in [1.82, 2.24) is 10.2 Å². The zero-order valence-corrected chi connectivity index (χ0v) is 10.7. The molecular formula is C12H12Cl2N2O. The summed E-state index contributed by atoms with van der Waals surface area (Å²) in [6.07, 6.45) is 1.39. The predicted octanol–water partition coefficient (Wildman–Crippen LogP) is 2.37. The number of carbonyl (C=O) groups excluding carboxylic acids is 1. The van der Waals surface area contributed by atoms with E-state index in [0.717, 1.165) is 25.1 Å². The first-order valence-corrected chi connectivity index (χ1v) is 6.40. The molecule has 2 aliphatic heterocycles. The highest BCUT2D eigenvalue weighted by atomic mass is 35.5. The highest BCUT2D eigenvalue weighted by Gasteiger charge is 2.49. The number of benzene rings is 1. The van der Waals surface area contributed by atoms with Crippen molar-refractivity contribution >= 4 is 29.1 Å². The molecule has 1 unspecified atom stereocenters. The van der Waals surface area contributed by atoms with Crippen molar-refractivity contribution in [2.45, 2.75) is 18.5 Å². The van der Waals surface area contributed by atoms with Crippen LogP contribution in [0.5, 0.6) is 0 Å². The fourth-order valence-electron chi connectivity index (χ4n) is 2.80. The molecule has 2 fully saturated rings. The van der Waals surface area contributed by atoms with Crippen molar-refractivity contribution in [3.05, 3.63) is 33.8 Å². The van der Waals surface area contributed by atoms with E-state index < -0.39 is 0 Å². The monoisotopic (exact) mass is 270 g/mol. The number of hydrogen-bond donors (Lipinski definition) is 1. The van der Waals surface area contributed by atoms with Gasteiger partial charge in [-0.25, -0.2) is 0 Å². The molecule has 3 rings (SSSR count). The van der Waals surface area contributed by atoms with Crippen LogP contribution in [0.1, 0.15) is 18.4 Å². The average molecular weight is 271 g/mol. The van der Waals surface area contributed by atoms with E-state index in [-0.39, 0.29) is 11.6 Å². The summed E-state index contributed by atoms with van der Waals surface area (Å²) in [7, 11) is 0. The lowest BCUT2D eigenvalue weighted by Gasteiger charge is -2.32. The van der Waals surface area contributed by atoms with Gasteiger partial charge < -0.3 is 4.90 Å². The van der Waals surface area contributed by atoms with E-state index in [2.05, 4.69) is 5.32 Å². The molecular weight excluding hydrogens is 259 g/mol. The number of rotatable bonds is 1. The molecule has 0 radical (unpaired) electrons. The highest BCUT2D eigenvalue weighted by molar-refractivity contribution is 6.42. The minimum atomic E-state index is -0.356. The van der Waals surface area contributed by atoms with Gasteiger partial charge in [-0.3, -0.25) is 10.1 Å². The smallest absolute Gasteiger partial charge is 0.224 e. The van der Waals surface area contributed by atoms with Crippen LogP contribution in [0.15, 0.2) is 18.2 Å². The standard InChI is InChI=1S/C12H12Cl2N2O/c13-9-2-1-8(7-10(9)14)12-4-3-11(17)16(12)6-5-15-12/h1-2,7,15H,3-6H2. The van der Waals surface area contributed by atoms with Crippen LogP contribution >= 0.6 is 23.2 Å². The first-order chi connectivity index (χ1) is 8.13. The van der Waals surface area contributed by atoms with E-state index in [4.69, 9.17) is 23.2 Å².